The van der Waals surface area contributed by atoms with E-state index in [-0.39, 0.29) is 23.7 Å². The van der Waals surface area contributed by atoms with E-state index in [2.05, 4.69) is 10.3 Å². The molecule has 0 bridgehead atoms. The van der Waals surface area contributed by atoms with Crippen molar-refractivity contribution < 1.29 is 14.3 Å². The topological polar surface area (TPSA) is 74.8 Å². The summed E-state index contributed by atoms with van der Waals surface area (Å²) in [5, 5.41) is 3.31. The molecule has 26 heavy (non-hydrogen) atoms. The number of fused-ring (bicyclic) bond motifs is 1. The molecule has 2 amide bonds. The van der Waals surface area contributed by atoms with Crippen LogP contribution in [0.2, 0.25) is 0 Å². The lowest BCUT2D eigenvalue weighted by atomic mass is 9.88. The van der Waals surface area contributed by atoms with E-state index in [0.717, 1.165) is 17.7 Å². The molecule has 0 saturated carbocycles. The number of nitrogens with zero attached hydrogens (tertiary/aromatic N) is 3. The van der Waals surface area contributed by atoms with E-state index in [0.29, 0.717) is 58.9 Å². The van der Waals surface area contributed by atoms with Crippen molar-refractivity contribution in [3.05, 3.63) is 29.6 Å². The summed E-state index contributed by atoms with van der Waals surface area (Å²) in [5.41, 5.74) is 2.23. The van der Waals surface area contributed by atoms with Gasteiger partial charge < -0.3 is 19.9 Å². The highest BCUT2D eigenvalue weighted by molar-refractivity contribution is 5.83. The molecular weight excluding hydrogens is 332 g/mol. The average molecular weight is 358 g/mol. The molecule has 2 saturated heterocycles. The summed E-state index contributed by atoms with van der Waals surface area (Å²) in [4.78, 5) is 34.0. The smallest absolute Gasteiger partial charge is 0.227 e. The van der Waals surface area contributed by atoms with Gasteiger partial charge in [0.25, 0.3) is 0 Å². The average Bonchev–Trinajstić information content (AvgIpc) is 2.73. The van der Waals surface area contributed by atoms with Crippen LogP contribution in [-0.4, -0.2) is 72.5 Å². The summed E-state index contributed by atoms with van der Waals surface area (Å²) >= 11 is 0. The Labute approximate surface area is 153 Å². The van der Waals surface area contributed by atoms with E-state index in [1.54, 1.807) is 0 Å². The SMILES string of the molecule is O=C([C@@H]1CNC[C@@H](C(=O)N2CCc3ncccc3C2)C1)N1CCOCC1. The fraction of sp³-hybridized carbons (Fsp3) is 0.632. The third-order valence-electron chi connectivity index (χ3n) is 5.65. The van der Waals surface area contributed by atoms with Gasteiger partial charge in [0, 0.05) is 57.6 Å². The number of aromatic nitrogens is 1. The number of carbonyl (C=O) groups excluding carboxylic acids is 2. The second-order valence-corrected chi connectivity index (χ2v) is 7.34. The monoisotopic (exact) mass is 358 g/mol. The van der Waals surface area contributed by atoms with Crippen molar-refractivity contribution in [1.29, 1.82) is 0 Å². The lowest BCUT2D eigenvalue weighted by molar-refractivity contribution is -0.143. The van der Waals surface area contributed by atoms with E-state index >= 15 is 0 Å². The van der Waals surface area contributed by atoms with Gasteiger partial charge in [-0.15, -0.1) is 0 Å². The summed E-state index contributed by atoms with van der Waals surface area (Å²) in [6.07, 6.45) is 3.25. The van der Waals surface area contributed by atoms with E-state index in [1.807, 2.05) is 28.1 Å². The maximum atomic E-state index is 13.0. The van der Waals surface area contributed by atoms with Gasteiger partial charge in [0.05, 0.1) is 25.0 Å². The van der Waals surface area contributed by atoms with Gasteiger partial charge >= 0.3 is 0 Å². The number of carbonyl (C=O) groups is 2. The van der Waals surface area contributed by atoms with Gasteiger partial charge in [-0.2, -0.15) is 0 Å². The lowest BCUT2D eigenvalue weighted by Crippen LogP contribution is -2.52. The number of nitrogens with one attached hydrogen (secondary N) is 1. The highest BCUT2D eigenvalue weighted by Crippen LogP contribution is 2.24. The number of pyridine rings is 1. The van der Waals surface area contributed by atoms with E-state index in [4.69, 9.17) is 4.74 Å². The molecule has 1 aromatic rings. The summed E-state index contributed by atoms with van der Waals surface area (Å²) in [7, 11) is 0. The maximum Gasteiger partial charge on any atom is 0.227 e. The molecule has 4 rings (SSSR count). The molecule has 7 nitrogen and oxygen atoms in total. The van der Waals surface area contributed by atoms with Gasteiger partial charge in [0.15, 0.2) is 0 Å². The van der Waals surface area contributed by atoms with Crippen LogP contribution in [0.5, 0.6) is 0 Å². The van der Waals surface area contributed by atoms with Crippen molar-refractivity contribution in [1.82, 2.24) is 20.1 Å². The first kappa shape index (κ1) is 17.4. The van der Waals surface area contributed by atoms with Gasteiger partial charge in [-0.05, 0) is 18.1 Å². The highest BCUT2D eigenvalue weighted by atomic mass is 16.5. The molecule has 3 aliphatic rings. The Morgan fingerprint density at radius 2 is 1.81 bits per heavy atom. The van der Waals surface area contributed by atoms with Crippen LogP contribution in [0.25, 0.3) is 0 Å². The van der Waals surface area contributed by atoms with Gasteiger partial charge in [0.2, 0.25) is 11.8 Å². The first-order chi connectivity index (χ1) is 12.7. The van der Waals surface area contributed by atoms with Crippen molar-refractivity contribution in [3.63, 3.8) is 0 Å². The van der Waals surface area contributed by atoms with Gasteiger partial charge in [-0.3, -0.25) is 14.6 Å². The Morgan fingerprint density at radius 3 is 2.58 bits per heavy atom. The van der Waals surface area contributed by atoms with E-state index in [9.17, 15) is 9.59 Å². The molecule has 4 heterocycles. The lowest BCUT2D eigenvalue weighted by Gasteiger charge is -2.37. The minimum atomic E-state index is -0.128. The zero-order chi connectivity index (χ0) is 17.9. The van der Waals surface area contributed by atoms with Gasteiger partial charge in [-0.1, -0.05) is 6.07 Å². The van der Waals surface area contributed by atoms with E-state index in [1.165, 1.54) is 0 Å². The van der Waals surface area contributed by atoms with Crippen LogP contribution in [0.15, 0.2) is 18.3 Å². The Bertz CT molecular complexity index is 675. The number of ether oxygens (including phenoxy) is 1. The van der Waals surface area contributed by atoms with Crippen LogP contribution >= 0.6 is 0 Å². The molecule has 0 aliphatic carbocycles. The molecular formula is C19H26N4O3. The first-order valence-corrected chi connectivity index (χ1v) is 9.51. The maximum absolute atomic E-state index is 13.0. The zero-order valence-electron chi connectivity index (χ0n) is 15.0. The standard InChI is InChI=1S/C19H26N4O3/c24-18(22-6-8-26-9-7-22)15-10-16(12-20-11-15)19(25)23-5-3-17-14(13-23)2-1-4-21-17/h1-2,4,15-16,20H,3,5-13H2/t15-,16-/m0/s1. The van der Waals surface area contributed by atoms with Crippen LogP contribution in [0.3, 0.4) is 0 Å². The fourth-order valence-corrected chi connectivity index (χ4v) is 4.17. The molecule has 140 valence electrons. The molecule has 0 aromatic carbocycles. The molecule has 7 heteroatoms. The van der Waals surface area contributed by atoms with Crippen LogP contribution < -0.4 is 5.32 Å². The molecule has 2 atom stereocenters. The van der Waals surface area contributed by atoms with Crippen LogP contribution in [0.4, 0.5) is 0 Å². The third kappa shape index (κ3) is 3.59. The molecule has 1 aromatic heterocycles. The molecule has 0 spiro atoms. The number of hydrogen-bond donors (Lipinski definition) is 1. The normalized spacial score (nSPS) is 26.3. The largest absolute Gasteiger partial charge is 0.378 e. The van der Waals surface area contributed by atoms with Crippen molar-refractivity contribution in [2.24, 2.45) is 11.8 Å². The van der Waals surface area contributed by atoms with Crippen LogP contribution in [0, 0.1) is 11.8 Å². The second kappa shape index (κ2) is 7.72. The quantitative estimate of drug-likeness (QED) is 0.809. The van der Waals surface area contributed by atoms with Crippen molar-refractivity contribution in [2.45, 2.75) is 19.4 Å². The predicted molar refractivity (Wildman–Crippen MR) is 95.2 cm³/mol. The molecule has 2 fully saturated rings. The van der Waals surface area contributed by atoms with Gasteiger partial charge in [-0.25, -0.2) is 0 Å². The van der Waals surface area contributed by atoms with Crippen molar-refractivity contribution in [2.75, 3.05) is 45.9 Å². The van der Waals surface area contributed by atoms with Crippen molar-refractivity contribution in [3.8, 4) is 0 Å². The summed E-state index contributed by atoms with van der Waals surface area (Å²) in [6, 6.07) is 3.97. The minimum Gasteiger partial charge on any atom is -0.378 e. The summed E-state index contributed by atoms with van der Waals surface area (Å²) in [6.45, 7) is 5.18. The molecule has 0 unspecified atom stereocenters. The molecule has 0 radical (unpaired) electrons. The Hall–Kier alpha value is -1.99. The minimum absolute atomic E-state index is 0.116. The summed E-state index contributed by atoms with van der Waals surface area (Å²) < 4.78 is 5.33. The number of rotatable bonds is 2. The zero-order valence-corrected chi connectivity index (χ0v) is 15.0. The van der Waals surface area contributed by atoms with E-state index < -0.39 is 0 Å². The Kier molecular flexibility index (Phi) is 5.17. The summed E-state index contributed by atoms with van der Waals surface area (Å²) in [5.74, 6) is 0.0736. The number of amides is 2. The number of hydrogen-bond acceptors (Lipinski definition) is 5. The highest BCUT2D eigenvalue weighted by Gasteiger charge is 2.36. The predicted octanol–water partition coefficient (Wildman–Crippen LogP) is 0.0508. The fourth-order valence-electron chi connectivity index (χ4n) is 4.17. The van der Waals surface area contributed by atoms with Crippen LogP contribution in [-0.2, 0) is 27.3 Å². The third-order valence-corrected chi connectivity index (χ3v) is 5.65. The Morgan fingerprint density at radius 1 is 1.08 bits per heavy atom. The first-order valence-electron chi connectivity index (χ1n) is 9.51. The molecule has 3 aliphatic heterocycles. The number of morpholine rings is 1. The number of piperidine rings is 1. The Balaban J connectivity index is 1.38. The molecule has 1 N–H and O–H groups in total. The van der Waals surface area contributed by atoms with Crippen LogP contribution in [0.1, 0.15) is 17.7 Å². The van der Waals surface area contributed by atoms with Gasteiger partial charge in [0.1, 0.15) is 0 Å². The second-order valence-electron chi connectivity index (χ2n) is 7.34. The van der Waals surface area contributed by atoms with Crippen molar-refractivity contribution >= 4 is 11.8 Å².